The number of unbranched alkanes of at least 4 members (excludes halogenated alkanes) is 22. The number of ether oxygens (including phenoxy) is 5. The van der Waals surface area contributed by atoms with Gasteiger partial charge in [0.15, 0.2) is 24.6 Å². The third-order valence-electron chi connectivity index (χ3n) is 13.7. The van der Waals surface area contributed by atoms with E-state index in [4.69, 9.17) is 23.7 Å². The quantitative estimate of drug-likeness (QED) is 0.0228. The van der Waals surface area contributed by atoms with E-state index in [2.05, 4.69) is 112 Å². The predicted molar refractivity (Wildman–Crippen MR) is 321 cm³/mol. The Morgan fingerprint density at radius 1 is 0.430 bits per heavy atom. The van der Waals surface area contributed by atoms with E-state index in [-0.39, 0.29) is 25.9 Å². The average molecular weight is 1110 g/mol. The van der Waals surface area contributed by atoms with Gasteiger partial charge < -0.3 is 39.0 Å². The number of aliphatic carboxylic acids is 1. The van der Waals surface area contributed by atoms with E-state index in [9.17, 15) is 34.5 Å². The van der Waals surface area contributed by atoms with Crippen molar-refractivity contribution in [3.05, 3.63) is 97.2 Å². The molecule has 0 radical (unpaired) electrons. The van der Waals surface area contributed by atoms with Crippen molar-refractivity contribution in [2.75, 3.05) is 13.2 Å². The Balaban J connectivity index is 2.71. The third-order valence-corrected chi connectivity index (χ3v) is 13.7. The maximum atomic E-state index is 13.2. The topological polar surface area (TPSA) is 175 Å². The highest BCUT2D eigenvalue weighted by molar-refractivity contribution is 5.74. The number of carboxylic acid groups (broad SMARTS) is 1. The molecule has 12 heteroatoms. The molecule has 0 saturated carbocycles. The second kappa shape index (κ2) is 54.2. The van der Waals surface area contributed by atoms with Crippen LogP contribution in [0, 0.1) is 0 Å². The van der Waals surface area contributed by atoms with Crippen LogP contribution in [-0.4, -0.2) is 89.2 Å². The molecule has 3 N–H and O–H groups in total. The molecule has 1 heterocycles. The van der Waals surface area contributed by atoms with Gasteiger partial charge in [0.2, 0.25) is 0 Å². The number of carbonyl (C=O) groups is 4. The molecule has 0 aromatic heterocycles. The Labute approximate surface area is 479 Å². The fraction of sp³-hybridized carbons (Fsp3) is 0.701. The Kier molecular flexibility index (Phi) is 49.9. The smallest absolute Gasteiger partial charge is 0.335 e. The van der Waals surface area contributed by atoms with Gasteiger partial charge in [-0.25, -0.2) is 4.79 Å². The molecule has 1 aliphatic heterocycles. The van der Waals surface area contributed by atoms with Crippen LogP contribution in [0.25, 0.3) is 0 Å². The molecule has 450 valence electrons. The number of rotatable bonds is 52. The molecule has 0 bridgehead atoms. The summed E-state index contributed by atoms with van der Waals surface area (Å²) in [6.07, 6.45) is 59.5. The molecule has 6 atom stereocenters. The van der Waals surface area contributed by atoms with E-state index < -0.39 is 67.3 Å². The van der Waals surface area contributed by atoms with Crippen LogP contribution >= 0.6 is 0 Å². The average Bonchev–Trinajstić information content (AvgIpc) is 3.47. The first kappa shape index (κ1) is 72.7. The first-order valence-corrected chi connectivity index (χ1v) is 31.2. The van der Waals surface area contributed by atoms with Gasteiger partial charge >= 0.3 is 23.9 Å². The number of esters is 3. The van der Waals surface area contributed by atoms with Crippen LogP contribution < -0.4 is 0 Å². The predicted octanol–water partition coefficient (Wildman–Crippen LogP) is 16.5. The number of allylic oxidation sites excluding steroid dienone is 16. The fourth-order valence-electron chi connectivity index (χ4n) is 8.95. The first-order valence-electron chi connectivity index (χ1n) is 31.2. The van der Waals surface area contributed by atoms with Crippen molar-refractivity contribution in [1.82, 2.24) is 0 Å². The maximum absolute atomic E-state index is 13.2. The van der Waals surface area contributed by atoms with E-state index in [1.165, 1.54) is 77.0 Å². The molecule has 1 rings (SSSR count). The van der Waals surface area contributed by atoms with Crippen LogP contribution in [0.3, 0.4) is 0 Å². The van der Waals surface area contributed by atoms with Crippen molar-refractivity contribution in [2.24, 2.45) is 0 Å². The summed E-state index contributed by atoms with van der Waals surface area (Å²) in [4.78, 5) is 51.2. The van der Waals surface area contributed by atoms with Gasteiger partial charge in [0.25, 0.3) is 0 Å². The minimum absolute atomic E-state index is 0.0523. The lowest BCUT2D eigenvalue weighted by atomic mass is 9.98. The number of hydrogen-bond acceptors (Lipinski definition) is 11. The lowest BCUT2D eigenvalue weighted by Crippen LogP contribution is -2.61. The van der Waals surface area contributed by atoms with E-state index in [1.807, 2.05) is 6.08 Å². The lowest BCUT2D eigenvalue weighted by Gasteiger charge is -2.40. The van der Waals surface area contributed by atoms with Gasteiger partial charge in [0, 0.05) is 19.3 Å². The third kappa shape index (κ3) is 44.0. The number of aliphatic hydroxyl groups excluding tert-OH is 2. The minimum atomic E-state index is -1.92. The van der Waals surface area contributed by atoms with Gasteiger partial charge in [0.1, 0.15) is 18.8 Å². The van der Waals surface area contributed by atoms with Crippen LogP contribution in [-0.2, 0) is 42.9 Å². The molecule has 6 unspecified atom stereocenters. The number of hydrogen-bond donors (Lipinski definition) is 3. The molecule has 0 spiro atoms. The standard InChI is InChI=1S/C67H110O12/c1-4-7-10-13-16-19-22-25-28-30-33-35-38-41-44-47-50-53-59(68)75-56-58(77-60(69)54-51-48-45-42-39-36-32-27-24-21-18-15-12-9-6-3)57-76-67-65(63(72)62(71)64(79-67)66(73)74)78-61(70)55-52-49-46-43-40-37-34-31-29-26-23-20-17-14-11-8-5-2/h7,9-10,12,16,18-19,21,25,27-28,32-33,35,41,44,58,62-65,67,71-72H,4-6,8,11,13-15,17,20,22-24,26,29-31,34,36-40,42-43,45-57H2,1-3H3,(H,73,74)/b10-7-,12-9-,19-16-,21-18-,28-25-,32-27-,35-33-,44-41-. The normalized spacial score (nSPS) is 18.5. The highest BCUT2D eigenvalue weighted by Crippen LogP contribution is 2.26. The summed E-state index contributed by atoms with van der Waals surface area (Å²) in [7, 11) is 0. The SMILES string of the molecule is CC/C=C\C/C=C\C/C=C\C/C=C\C/C=C\CCCC(=O)OCC(COC1OC(C(=O)O)C(O)C(O)C1OC(=O)CCCCCCCCCCCCCCCCCCC)OC(=O)CCCCCCC/C=C\C/C=C\C/C=C\CC. The van der Waals surface area contributed by atoms with Crippen molar-refractivity contribution < 1.29 is 58.2 Å². The second-order valence-electron chi connectivity index (χ2n) is 20.9. The van der Waals surface area contributed by atoms with Gasteiger partial charge in [-0.3, -0.25) is 14.4 Å². The van der Waals surface area contributed by atoms with Crippen molar-refractivity contribution in [3.8, 4) is 0 Å². The molecular formula is C67H110O12. The summed E-state index contributed by atoms with van der Waals surface area (Å²) in [5, 5.41) is 31.6. The van der Waals surface area contributed by atoms with Crippen molar-refractivity contribution >= 4 is 23.9 Å². The molecule has 12 nitrogen and oxygen atoms in total. The molecule has 0 aromatic carbocycles. The Hall–Kier alpha value is -4.36. The van der Waals surface area contributed by atoms with Crippen molar-refractivity contribution in [3.63, 3.8) is 0 Å². The zero-order valence-electron chi connectivity index (χ0n) is 49.6. The zero-order valence-corrected chi connectivity index (χ0v) is 49.6. The van der Waals surface area contributed by atoms with Gasteiger partial charge in [-0.05, 0) is 89.9 Å². The number of aliphatic hydroxyl groups is 2. The monoisotopic (exact) mass is 1110 g/mol. The van der Waals surface area contributed by atoms with Crippen LogP contribution in [0.1, 0.15) is 252 Å². The van der Waals surface area contributed by atoms with Crippen LogP contribution in [0.2, 0.25) is 0 Å². The van der Waals surface area contributed by atoms with Crippen LogP contribution in [0.4, 0.5) is 0 Å². The molecule has 79 heavy (non-hydrogen) atoms. The van der Waals surface area contributed by atoms with Crippen molar-refractivity contribution in [1.29, 1.82) is 0 Å². The molecule has 1 saturated heterocycles. The summed E-state index contributed by atoms with van der Waals surface area (Å²) in [5.41, 5.74) is 0. The van der Waals surface area contributed by atoms with Crippen LogP contribution in [0.15, 0.2) is 97.2 Å². The maximum Gasteiger partial charge on any atom is 0.335 e. The molecule has 0 aliphatic carbocycles. The van der Waals surface area contributed by atoms with E-state index in [0.29, 0.717) is 25.7 Å². The zero-order chi connectivity index (χ0) is 57.5. The highest BCUT2D eigenvalue weighted by Gasteiger charge is 2.50. The number of carboxylic acids is 1. The Bertz CT molecular complexity index is 1740. The largest absolute Gasteiger partial charge is 0.479 e. The minimum Gasteiger partial charge on any atom is -0.479 e. The lowest BCUT2D eigenvalue weighted by molar-refractivity contribution is -0.301. The summed E-state index contributed by atoms with van der Waals surface area (Å²) < 4.78 is 28.4. The second-order valence-corrected chi connectivity index (χ2v) is 20.9. The van der Waals surface area contributed by atoms with Gasteiger partial charge in [-0.1, -0.05) is 240 Å². The molecule has 1 fully saturated rings. The van der Waals surface area contributed by atoms with Gasteiger partial charge in [-0.2, -0.15) is 0 Å². The summed E-state index contributed by atoms with van der Waals surface area (Å²) in [6.45, 7) is 5.72. The van der Waals surface area contributed by atoms with E-state index >= 15 is 0 Å². The molecule has 0 amide bonds. The van der Waals surface area contributed by atoms with E-state index in [0.717, 1.165) is 109 Å². The summed E-state index contributed by atoms with van der Waals surface area (Å²) >= 11 is 0. The summed E-state index contributed by atoms with van der Waals surface area (Å²) in [5.74, 6) is -3.22. The van der Waals surface area contributed by atoms with E-state index in [1.54, 1.807) is 0 Å². The molecule has 1 aliphatic rings. The Morgan fingerprint density at radius 2 is 0.810 bits per heavy atom. The highest BCUT2D eigenvalue weighted by atomic mass is 16.7. The van der Waals surface area contributed by atoms with Crippen LogP contribution in [0.5, 0.6) is 0 Å². The molecule has 0 aromatic rings. The van der Waals surface area contributed by atoms with Gasteiger partial charge in [-0.15, -0.1) is 0 Å². The fourth-order valence-corrected chi connectivity index (χ4v) is 8.95. The Morgan fingerprint density at radius 3 is 1.25 bits per heavy atom. The van der Waals surface area contributed by atoms with Gasteiger partial charge in [0.05, 0.1) is 6.61 Å². The summed E-state index contributed by atoms with van der Waals surface area (Å²) in [6, 6.07) is 0. The number of carbonyl (C=O) groups excluding carboxylic acids is 3. The molecular weight excluding hydrogens is 997 g/mol. The van der Waals surface area contributed by atoms with Crippen molar-refractivity contribution in [2.45, 2.75) is 289 Å². The first-order chi connectivity index (χ1) is 38.6.